The Bertz CT molecular complexity index is 643. The van der Waals surface area contributed by atoms with Crippen molar-refractivity contribution < 1.29 is 32.2 Å². The Labute approximate surface area is 120 Å². The van der Waals surface area contributed by atoms with E-state index < -0.39 is 33.3 Å². The standard InChI is InChI=1S/C12H14FNO6S/c1-20-11(15)3-2-6-21(18,19)14-8-4-5-9(12(16)17)10(13)7-8/h4-5,7,14H,2-3,6H2,1H3,(H,16,17). The molecule has 2 N–H and O–H groups in total. The van der Waals surface area contributed by atoms with E-state index in [9.17, 15) is 22.4 Å². The number of aromatic carboxylic acids is 1. The molecule has 0 aromatic heterocycles. The molecular weight excluding hydrogens is 305 g/mol. The van der Waals surface area contributed by atoms with Crippen LogP contribution >= 0.6 is 0 Å². The number of anilines is 1. The highest BCUT2D eigenvalue weighted by Crippen LogP contribution is 2.16. The minimum atomic E-state index is -3.76. The van der Waals surface area contributed by atoms with Crippen molar-refractivity contribution in [2.75, 3.05) is 17.6 Å². The molecule has 0 bridgehead atoms. The minimum Gasteiger partial charge on any atom is -0.478 e. The summed E-state index contributed by atoms with van der Waals surface area (Å²) in [5, 5.41) is 8.66. The van der Waals surface area contributed by atoms with Crippen molar-refractivity contribution >= 4 is 27.6 Å². The number of carbonyl (C=O) groups is 2. The normalized spacial score (nSPS) is 11.0. The smallest absolute Gasteiger partial charge is 0.338 e. The molecule has 0 amide bonds. The van der Waals surface area contributed by atoms with E-state index >= 15 is 0 Å². The number of ether oxygens (including phenoxy) is 1. The Morgan fingerprint density at radius 1 is 1.38 bits per heavy atom. The van der Waals surface area contributed by atoms with Gasteiger partial charge in [-0.15, -0.1) is 0 Å². The van der Waals surface area contributed by atoms with Gasteiger partial charge in [-0.05, 0) is 24.6 Å². The molecule has 0 aliphatic rings. The molecule has 1 aromatic carbocycles. The van der Waals surface area contributed by atoms with Gasteiger partial charge in [-0.1, -0.05) is 0 Å². The zero-order chi connectivity index (χ0) is 16.0. The highest BCUT2D eigenvalue weighted by Gasteiger charge is 2.15. The maximum absolute atomic E-state index is 13.4. The number of benzene rings is 1. The number of carboxylic acids is 1. The number of carboxylic acid groups (broad SMARTS) is 1. The molecule has 0 atom stereocenters. The fraction of sp³-hybridized carbons (Fsp3) is 0.333. The predicted molar refractivity (Wildman–Crippen MR) is 72.0 cm³/mol. The van der Waals surface area contributed by atoms with Gasteiger partial charge in [0.1, 0.15) is 5.82 Å². The summed E-state index contributed by atoms with van der Waals surface area (Å²) in [5.41, 5.74) is -0.640. The first-order valence-electron chi connectivity index (χ1n) is 5.85. The van der Waals surface area contributed by atoms with Crippen LogP contribution in [-0.2, 0) is 19.6 Å². The van der Waals surface area contributed by atoms with Gasteiger partial charge in [0.15, 0.2) is 0 Å². The number of halogens is 1. The number of rotatable bonds is 7. The molecule has 0 spiro atoms. The molecule has 9 heteroatoms. The molecule has 0 heterocycles. The van der Waals surface area contributed by atoms with Gasteiger partial charge in [-0.3, -0.25) is 9.52 Å². The third kappa shape index (κ3) is 5.38. The maximum atomic E-state index is 13.4. The summed E-state index contributed by atoms with van der Waals surface area (Å²) in [6.45, 7) is 0. The van der Waals surface area contributed by atoms with Crippen molar-refractivity contribution in [3.05, 3.63) is 29.6 Å². The second kappa shape index (κ2) is 7.02. The van der Waals surface area contributed by atoms with Gasteiger partial charge in [0.05, 0.1) is 24.1 Å². The van der Waals surface area contributed by atoms with Gasteiger partial charge in [-0.2, -0.15) is 0 Å². The lowest BCUT2D eigenvalue weighted by molar-refractivity contribution is -0.140. The van der Waals surface area contributed by atoms with E-state index in [0.29, 0.717) is 0 Å². The quantitative estimate of drug-likeness (QED) is 0.731. The van der Waals surface area contributed by atoms with Gasteiger partial charge in [0.25, 0.3) is 0 Å². The number of carbonyl (C=O) groups excluding carboxylic acids is 1. The molecular formula is C12H14FNO6S. The Kier molecular flexibility index (Phi) is 5.65. The molecule has 0 unspecified atom stereocenters. The molecule has 116 valence electrons. The summed E-state index contributed by atoms with van der Waals surface area (Å²) in [6.07, 6.45) is 0.00141. The lowest BCUT2D eigenvalue weighted by Crippen LogP contribution is -2.18. The van der Waals surface area contributed by atoms with Gasteiger partial charge >= 0.3 is 11.9 Å². The predicted octanol–water partition coefficient (Wildman–Crippen LogP) is 1.22. The molecule has 0 aliphatic heterocycles. The molecule has 7 nitrogen and oxygen atoms in total. The molecule has 0 saturated heterocycles. The first-order valence-corrected chi connectivity index (χ1v) is 7.50. The summed E-state index contributed by atoms with van der Waals surface area (Å²) >= 11 is 0. The van der Waals surface area contributed by atoms with Crippen LogP contribution in [0.4, 0.5) is 10.1 Å². The Balaban J connectivity index is 2.69. The Hall–Kier alpha value is -2.16. The first-order chi connectivity index (χ1) is 9.75. The number of nitrogens with one attached hydrogen (secondary N) is 1. The molecule has 1 rings (SSSR count). The number of methoxy groups -OCH3 is 1. The summed E-state index contributed by atoms with van der Waals surface area (Å²) in [6, 6.07) is 2.88. The van der Waals surface area contributed by atoms with Crippen molar-refractivity contribution in [3.8, 4) is 0 Å². The van der Waals surface area contributed by atoms with Crippen molar-refractivity contribution in [2.24, 2.45) is 0 Å². The van der Waals surface area contributed by atoms with E-state index in [-0.39, 0.29) is 24.3 Å². The van der Waals surface area contributed by atoms with Crippen LogP contribution < -0.4 is 4.72 Å². The van der Waals surface area contributed by atoms with Crippen molar-refractivity contribution in [3.63, 3.8) is 0 Å². The van der Waals surface area contributed by atoms with Gasteiger partial charge in [0, 0.05) is 6.42 Å². The molecule has 1 aromatic rings. The van der Waals surface area contributed by atoms with E-state index in [1.807, 2.05) is 0 Å². The van der Waals surface area contributed by atoms with Crippen molar-refractivity contribution in [1.82, 2.24) is 0 Å². The van der Waals surface area contributed by atoms with E-state index in [2.05, 4.69) is 9.46 Å². The largest absolute Gasteiger partial charge is 0.478 e. The zero-order valence-corrected chi connectivity index (χ0v) is 11.9. The third-order valence-corrected chi connectivity index (χ3v) is 3.87. The zero-order valence-electron chi connectivity index (χ0n) is 11.1. The second-order valence-corrected chi connectivity index (χ2v) is 5.94. The molecule has 0 aliphatic carbocycles. The van der Waals surface area contributed by atoms with Crippen LogP contribution in [0.15, 0.2) is 18.2 Å². The van der Waals surface area contributed by atoms with Gasteiger partial charge in [-0.25, -0.2) is 17.6 Å². The summed E-state index contributed by atoms with van der Waals surface area (Å²) in [4.78, 5) is 21.5. The fourth-order valence-corrected chi connectivity index (χ4v) is 2.60. The average molecular weight is 319 g/mol. The van der Waals surface area contributed by atoms with Crippen molar-refractivity contribution in [2.45, 2.75) is 12.8 Å². The highest BCUT2D eigenvalue weighted by atomic mass is 32.2. The maximum Gasteiger partial charge on any atom is 0.338 e. The van der Waals surface area contributed by atoms with Gasteiger partial charge < -0.3 is 9.84 Å². The van der Waals surface area contributed by atoms with E-state index in [1.54, 1.807) is 0 Å². The van der Waals surface area contributed by atoms with Gasteiger partial charge in [0.2, 0.25) is 10.0 Å². The van der Waals surface area contributed by atoms with Crippen LogP contribution in [0.25, 0.3) is 0 Å². The first kappa shape index (κ1) is 16.9. The monoisotopic (exact) mass is 319 g/mol. The van der Waals surface area contributed by atoms with Crippen molar-refractivity contribution in [1.29, 1.82) is 0 Å². The van der Waals surface area contributed by atoms with E-state index in [0.717, 1.165) is 18.2 Å². The SMILES string of the molecule is COC(=O)CCCS(=O)(=O)Nc1ccc(C(=O)O)c(F)c1. The summed E-state index contributed by atoms with van der Waals surface area (Å²) in [5.74, 6) is -3.36. The van der Waals surface area contributed by atoms with Crippen LogP contribution in [0, 0.1) is 5.82 Å². The van der Waals surface area contributed by atoms with E-state index in [1.165, 1.54) is 7.11 Å². The Morgan fingerprint density at radius 2 is 2.05 bits per heavy atom. The minimum absolute atomic E-state index is 0.0519. The van der Waals surface area contributed by atoms with Crippen LogP contribution in [0.3, 0.4) is 0 Å². The number of esters is 1. The second-order valence-electron chi connectivity index (χ2n) is 4.10. The number of hydrogen-bond donors (Lipinski definition) is 2. The number of sulfonamides is 1. The third-order valence-electron chi connectivity index (χ3n) is 2.49. The lowest BCUT2D eigenvalue weighted by atomic mass is 10.2. The molecule has 0 fully saturated rings. The molecule has 21 heavy (non-hydrogen) atoms. The lowest BCUT2D eigenvalue weighted by Gasteiger charge is -2.08. The topological polar surface area (TPSA) is 110 Å². The van der Waals surface area contributed by atoms with Crippen LogP contribution in [-0.4, -0.2) is 38.3 Å². The fourth-order valence-electron chi connectivity index (χ4n) is 1.49. The summed E-state index contributed by atoms with van der Waals surface area (Å²) in [7, 11) is -2.56. The number of hydrogen-bond acceptors (Lipinski definition) is 5. The molecule has 0 saturated carbocycles. The summed E-state index contributed by atoms with van der Waals surface area (Å²) < 4.78 is 43.3. The highest BCUT2D eigenvalue weighted by molar-refractivity contribution is 7.92. The average Bonchev–Trinajstić information content (AvgIpc) is 2.37. The molecule has 0 radical (unpaired) electrons. The van der Waals surface area contributed by atoms with E-state index in [4.69, 9.17) is 5.11 Å². The van der Waals surface area contributed by atoms with Crippen LogP contribution in [0.5, 0.6) is 0 Å². The van der Waals surface area contributed by atoms with Crippen LogP contribution in [0.2, 0.25) is 0 Å². The Morgan fingerprint density at radius 3 is 2.57 bits per heavy atom. The van der Waals surface area contributed by atoms with Crippen LogP contribution in [0.1, 0.15) is 23.2 Å².